The summed E-state index contributed by atoms with van der Waals surface area (Å²) in [6, 6.07) is 3.96. The van der Waals surface area contributed by atoms with Gasteiger partial charge >= 0.3 is 0 Å². The summed E-state index contributed by atoms with van der Waals surface area (Å²) in [5, 5.41) is 0.473. The van der Waals surface area contributed by atoms with Crippen LogP contribution >= 0.6 is 11.6 Å². The standard InChI is InChI=1S/C20H28ClNO3/c1-14(2)25-20-17(21)12-15(13-18(20)24-4)10-11-19(23)22(3)16-8-6-5-7-9-16/h10-14,16H,5-9H2,1-4H3. The van der Waals surface area contributed by atoms with E-state index in [9.17, 15) is 4.79 Å². The Morgan fingerprint density at radius 3 is 2.56 bits per heavy atom. The van der Waals surface area contributed by atoms with Crippen LogP contribution in [0.3, 0.4) is 0 Å². The molecule has 2 rings (SSSR count). The highest BCUT2D eigenvalue weighted by atomic mass is 35.5. The molecule has 138 valence electrons. The van der Waals surface area contributed by atoms with Gasteiger partial charge in [-0.1, -0.05) is 30.9 Å². The molecule has 0 aliphatic heterocycles. The van der Waals surface area contributed by atoms with Gasteiger partial charge in [0.25, 0.3) is 0 Å². The lowest BCUT2D eigenvalue weighted by Gasteiger charge is -2.30. The van der Waals surface area contributed by atoms with Crippen molar-refractivity contribution in [1.29, 1.82) is 0 Å². The number of carbonyl (C=O) groups is 1. The second-order valence-electron chi connectivity index (χ2n) is 6.78. The number of hydrogen-bond donors (Lipinski definition) is 0. The van der Waals surface area contributed by atoms with Crippen molar-refractivity contribution < 1.29 is 14.3 Å². The van der Waals surface area contributed by atoms with Crippen LogP contribution in [0.5, 0.6) is 11.5 Å². The highest BCUT2D eigenvalue weighted by Gasteiger charge is 2.20. The minimum Gasteiger partial charge on any atom is -0.493 e. The molecule has 0 spiro atoms. The molecule has 1 saturated carbocycles. The first-order valence-electron chi connectivity index (χ1n) is 8.91. The van der Waals surface area contributed by atoms with Crippen LogP contribution in [0.15, 0.2) is 18.2 Å². The quantitative estimate of drug-likeness (QED) is 0.670. The van der Waals surface area contributed by atoms with Crippen LogP contribution in [0.4, 0.5) is 0 Å². The first kappa shape index (κ1) is 19.6. The predicted molar refractivity (Wildman–Crippen MR) is 102 cm³/mol. The smallest absolute Gasteiger partial charge is 0.246 e. The fraction of sp³-hybridized carbons (Fsp3) is 0.550. The molecule has 4 nitrogen and oxygen atoms in total. The first-order chi connectivity index (χ1) is 11.9. The maximum Gasteiger partial charge on any atom is 0.246 e. The molecule has 0 heterocycles. The van der Waals surface area contributed by atoms with Crippen molar-refractivity contribution in [2.75, 3.05) is 14.2 Å². The average molecular weight is 366 g/mol. The van der Waals surface area contributed by atoms with Crippen molar-refractivity contribution >= 4 is 23.6 Å². The Balaban J connectivity index is 2.11. The Kier molecular flexibility index (Phi) is 7.18. The second kappa shape index (κ2) is 9.14. The number of hydrogen-bond acceptors (Lipinski definition) is 3. The summed E-state index contributed by atoms with van der Waals surface area (Å²) in [5.41, 5.74) is 0.809. The summed E-state index contributed by atoms with van der Waals surface area (Å²) in [6.45, 7) is 3.87. The van der Waals surface area contributed by atoms with Gasteiger partial charge in [-0.05, 0) is 50.5 Å². The highest BCUT2D eigenvalue weighted by molar-refractivity contribution is 6.32. The summed E-state index contributed by atoms with van der Waals surface area (Å²) in [5.74, 6) is 1.11. The zero-order chi connectivity index (χ0) is 18.4. The molecular weight excluding hydrogens is 338 g/mol. The minimum atomic E-state index is -0.00138. The lowest BCUT2D eigenvalue weighted by atomic mass is 9.94. The zero-order valence-electron chi connectivity index (χ0n) is 15.5. The molecule has 1 aliphatic carbocycles. The topological polar surface area (TPSA) is 38.8 Å². The lowest BCUT2D eigenvalue weighted by Crippen LogP contribution is -2.37. The number of carbonyl (C=O) groups excluding carboxylic acids is 1. The van der Waals surface area contributed by atoms with E-state index in [0.717, 1.165) is 18.4 Å². The van der Waals surface area contributed by atoms with E-state index in [4.69, 9.17) is 21.1 Å². The lowest BCUT2D eigenvalue weighted by molar-refractivity contribution is -0.127. The van der Waals surface area contributed by atoms with Crippen LogP contribution in [-0.2, 0) is 4.79 Å². The van der Waals surface area contributed by atoms with Gasteiger partial charge in [-0.3, -0.25) is 4.79 Å². The summed E-state index contributed by atoms with van der Waals surface area (Å²) in [6.07, 6.45) is 9.24. The second-order valence-corrected chi connectivity index (χ2v) is 7.18. The first-order valence-corrected chi connectivity index (χ1v) is 9.29. The number of amides is 1. The summed E-state index contributed by atoms with van der Waals surface area (Å²) >= 11 is 6.32. The highest BCUT2D eigenvalue weighted by Crippen LogP contribution is 2.37. The van der Waals surface area contributed by atoms with Crippen molar-refractivity contribution in [2.45, 2.75) is 58.1 Å². The molecule has 0 atom stereocenters. The molecule has 0 bridgehead atoms. The molecule has 25 heavy (non-hydrogen) atoms. The fourth-order valence-corrected chi connectivity index (χ4v) is 3.38. The Labute approximate surface area is 155 Å². The number of nitrogens with zero attached hydrogens (tertiary/aromatic N) is 1. The summed E-state index contributed by atoms with van der Waals surface area (Å²) in [7, 11) is 3.46. The Hall–Kier alpha value is -1.68. The summed E-state index contributed by atoms with van der Waals surface area (Å²) < 4.78 is 11.1. The van der Waals surface area contributed by atoms with Gasteiger partial charge < -0.3 is 14.4 Å². The van der Waals surface area contributed by atoms with Gasteiger partial charge in [0, 0.05) is 19.2 Å². The van der Waals surface area contributed by atoms with Crippen molar-refractivity contribution in [3.8, 4) is 11.5 Å². The van der Waals surface area contributed by atoms with E-state index in [-0.39, 0.29) is 12.0 Å². The van der Waals surface area contributed by atoms with Gasteiger partial charge in [-0.25, -0.2) is 0 Å². The number of methoxy groups -OCH3 is 1. The Morgan fingerprint density at radius 2 is 1.96 bits per heavy atom. The molecule has 0 N–H and O–H groups in total. The number of halogens is 1. The van der Waals surface area contributed by atoms with Gasteiger partial charge in [-0.15, -0.1) is 0 Å². The van der Waals surface area contributed by atoms with E-state index in [0.29, 0.717) is 22.6 Å². The van der Waals surface area contributed by atoms with Gasteiger partial charge in [0.2, 0.25) is 5.91 Å². The number of ether oxygens (including phenoxy) is 2. The van der Waals surface area contributed by atoms with Crippen molar-refractivity contribution in [3.05, 3.63) is 28.8 Å². The molecule has 0 aromatic heterocycles. The molecule has 5 heteroatoms. The third-order valence-electron chi connectivity index (χ3n) is 4.49. The SMILES string of the molecule is COc1cc(C=CC(=O)N(C)C2CCCCC2)cc(Cl)c1OC(C)C. The van der Waals surface area contributed by atoms with E-state index < -0.39 is 0 Å². The van der Waals surface area contributed by atoms with Crippen LogP contribution in [-0.4, -0.2) is 37.1 Å². The third kappa shape index (κ3) is 5.40. The normalized spacial score (nSPS) is 15.6. The maximum absolute atomic E-state index is 12.4. The third-order valence-corrected chi connectivity index (χ3v) is 4.77. The van der Waals surface area contributed by atoms with Crippen LogP contribution in [0, 0.1) is 0 Å². The van der Waals surface area contributed by atoms with Crippen LogP contribution in [0.2, 0.25) is 5.02 Å². The van der Waals surface area contributed by atoms with E-state index in [1.807, 2.05) is 31.9 Å². The Morgan fingerprint density at radius 1 is 1.28 bits per heavy atom. The number of benzene rings is 1. The minimum absolute atomic E-state index is 0.00138. The van der Waals surface area contributed by atoms with Gasteiger partial charge in [0.1, 0.15) is 0 Å². The van der Waals surface area contributed by atoms with Crippen LogP contribution in [0.25, 0.3) is 6.08 Å². The zero-order valence-corrected chi connectivity index (χ0v) is 16.3. The number of likely N-dealkylation sites (N-methyl/N-ethyl adjacent to an activating group) is 1. The summed E-state index contributed by atoms with van der Waals surface area (Å²) in [4.78, 5) is 14.3. The molecule has 1 aromatic carbocycles. The van der Waals surface area contributed by atoms with Gasteiger partial charge in [-0.2, -0.15) is 0 Å². The van der Waals surface area contributed by atoms with Crippen molar-refractivity contribution in [2.24, 2.45) is 0 Å². The Bertz CT molecular complexity index is 622. The molecule has 0 unspecified atom stereocenters. The fourth-order valence-electron chi connectivity index (χ4n) is 3.12. The van der Waals surface area contributed by atoms with E-state index >= 15 is 0 Å². The van der Waals surface area contributed by atoms with Crippen molar-refractivity contribution in [3.63, 3.8) is 0 Å². The van der Waals surface area contributed by atoms with Crippen molar-refractivity contribution in [1.82, 2.24) is 4.90 Å². The molecule has 1 fully saturated rings. The maximum atomic E-state index is 12.4. The van der Waals surface area contributed by atoms with Gasteiger partial charge in [0.15, 0.2) is 11.5 Å². The molecular formula is C20H28ClNO3. The molecule has 0 saturated heterocycles. The number of rotatable bonds is 6. The van der Waals surface area contributed by atoms with E-state index in [2.05, 4.69) is 0 Å². The molecule has 1 amide bonds. The van der Waals surface area contributed by atoms with Gasteiger partial charge in [0.05, 0.1) is 18.2 Å². The molecule has 0 radical (unpaired) electrons. The van der Waals surface area contributed by atoms with E-state index in [1.54, 1.807) is 25.3 Å². The largest absolute Gasteiger partial charge is 0.493 e. The monoisotopic (exact) mass is 365 g/mol. The predicted octanol–water partition coefficient (Wildman–Crippen LogP) is 4.94. The molecule has 1 aromatic rings. The van der Waals surface area contributed by atoms with Crippen LogP contribution < -0.4 is 9.47 Å². The average Bonchev–Trinajstić information content (AvgIpc) is 2.61. The molecule has 1 aliphatic rings. The van der Waals surface area contributed by atoms with Crippen LogP contribution in [0.1, 0.15) is 51.5 Å². The van der Waals surface area contributed by atoms with E-state index in [1.165, 1.54) is 19.3 Å².